The molecule has 0 amide bonds. The average Bonchev–Trinajstić information content (AvgIpc) is 2.77. The van der Waals surface area contributed by atoms with E-state index < -0.39 is 0 Å². The maximum absolute atomic E-state index is 4.92. The Morgan fingerprint density at radius 2 is 2.11 bits per heavy atom. The van der Waals surface area contributed by atoms with Crippen LogP contribution in [0.5, 0.6) is 0 Å². The van der Waals surface area contributed by atoms with E-state index in [-0.39, 0.29) is 5.54 Å². The topological polar surface area (TPSA) is 28.2 Å². The summed E-state index contributed by atoms with van der Waals surface area (Å²) in [6.07, 6.45) is 2.44. The lowest BCUT2D eigenvalue weighted by molar-refractivity contribution is 0.134. The lowest BCUT2D eigenvalue weighted by atomic mass is 9.89. The molecule has 4 heteroatoms. The van der Waals surface area contributed by atoms with Crippen LogP contribution in [0.3, 0.4) is 0 Å². The summed E-state index contributed by atoms with van der Waals surface area (Å²) in [6.45, 7) is 11.2. The van der Waals surface area contributed by atoms with E-state index >= 15 is 0 Å². The van der Waals surface area contributed by atoms with Gasteiger partial charge in [-0.3, -0.25) is 0 Å². The van der Waals surface area contributed by atoms with Crippen LogP contribution in [0.25, 0.3) is 0 Å². The van der Waals surface area contributed by atoms with Gasteiger partial charge in [0.25, 0.3) is 0 Å². The molecule has 0 saturated carbocycles. The molecule has 0 aliphatic carbocycles. The molecule has 0 radical (unpaired) electrons. The van der Waals surface area contributed by atoms with Crippen molar-refractivity contribution in [1.82, 2.24) is 15.2 Å². The summed E-state index contributed by atoms with van der Waals surface area (Å²) in [5.41, 5.74) is 1.29. The van der Waals surface area contributed by atoms with E-state index in [1.807, 2.05) is 11.3 Å². The van der Waals surface area contributed by atoms with Crippen molar-refractivity contribution >= 4 is 11.3 Å². The first-order chi connectivity index (χ1) is 8.93. The van der Waals surface area contributed by atoms with Gasteiger partial charge in [0.1, 0.15) is 5.01 Å². The highest BCUT2D eigenvalue weighted by Gasteiger charge is 2.39. The fourth-order valence-electron chi connectivity index (χ4n) is 2.95. The Hall–Kier alpha value is -0.450. The minimum Gasteiger partial charge on any atom is -0.304 e. The molecule has 0 aromatic carbocycles. The third-order valence-corrected chi connectivity index (χ3v) is 4.84. The number of hydrogen-bond acceptors (Lipinski definition) is 4. The Kier molecular flexibility index (Phi) is 4.64. The van der Waals surface area contributed by atoms with Crippen molar-refractivity contribution in [2.75, 3.05) is 20.1 Å². The van der Waals surface area contributed by atoms with E-state index in [0.717, 1.165) is 6.54 Å². The van der Waals surface area contributed by atoms with Gasteiger partial charge < -0.3 is 10.2 Å². The monoisotopic (exact) mass is 281 g/mol. The van der Waals surface area contributed by atoms with Crippen LogP contribution in [0.15, 0.2) is 5.38 Å². The van der Waals surface area contributed by atoms with Crippen LogP contribution < -0.4 is 5.32 Å². The van der Waals surface area contributed by atoms with Crippen LogP contribution in [0.4, 0.5) is 0 Å². The summed E-state index contributed by atoms with van der Waals surface area (Å²) in [5, 5.41) is 7.31. The first-order valence-electron chi connectivity index (χ1n) is 7.35. The van der Waals surface area contributed by atoms with Gasteiger partial charge in [-0.05, 0) is 46.2 Å². The van der Waals surface area contributed by atoms with E-state index in [0.29, 0.717) is 12.0 Å². The second-order valence-corrected chi connectivity index (χ2v) is 7.31. The molecule has 1 aromatic heterocycles. The summed E-state index contributed by atoms with van der Waals surface area (Å²) in [7, 11) is 2.22. The largest absolute Gasteiger partial charge is 0.304 e. The van der Waals surface area contributed by atoms with Crippen LogP contribution in [0.1, 0.15) is 57.2 Å². The molecule has 1 N–H and O–H groups in total. The molecule has 108 valence electrons. The molecule has 1 aromatic rings. The molecule has 1 unspecified atom stereocenters. The van der Waals surface area contributed by atoms with Crippen molar-refractivity contribution in [2.24, 2.45) is 0 Å². The number of nitrogens with one attached hydrogen (secondary N) is 1. The lowest BCUT2D eigenvalue weighted by Gasteiger charge is -2.42. The quantitative estimate of drug-likeness (QED) is 0.918. The minimum atomic E-state index is 0.0545. The lowest BCUT2D eigenvalue weighted by Crippen LogP contribution is -2.55. The van der Waals surface area contributed by atoms with Gasteiger partial charge in [0, 0.05) is 18.0 Å². The predicted octanol–water partition coefficient (Wildman–Crippen LogP) is 3.19. The Labute approximate surface area is 121 Å². The fourth-order valence-corrected chi connectivity index (χ4v) is 4.11. The Morgan fingerprint density at radius 3 is 2.63 bits per heavy atom. The van der Waals surface area contributed by atoms with Gasteiger partial charge in [-0.1, -0.05) is 13.8 Å². The maximum Gasteiger partial charge on any atom is 0.114 e. The SMILES string of the molecule is CC(C)NC1(c2nc(C(C)C)cs2)CCCN(C)C1. The highest BCUT2D eigenvalue weighted by Crippen LogP contribution is 2.34. The number of hydrogen-bond donors (Lipinski definition) is 1. The van der Waals surface area contributed by atoms with Gasteiger partial charge >= 0.3 is 0 Å². The number of likely N-dealkylation sites (N-methyl/N-ethyl adjacent to an activating group) is 1. The fraction of sp³-hybridized carbons (Fsp3) is 0.800. The molecule has 1 saturated heterocycles. The molecular weight excluding hydrogens is 254 g/mol. The van der Waals surface area contributed by atoms with Gasteiger partial charge in [-0.2, -0.15) is 0 Å². The summed E-state index contributed by atoms with van der Waals surface area (Å²) < 4.78 is 0. The standard InChI is InChI=1S/C15H27N3S/c1-11(2)13-9-19-14(16-13)15(17-12(3)4)7-6-8-18(5)10-15/h9,11-12,17H,6-8,10H2,1-5H3. The minimum absolute atomic E-state index is 0.0545. The van der Waals surface area contributed by atoms with Crippen LogP contribution in [0, 0.1) is 0 Å². The van der Waals surface area contributed by atoms with E-state index in [2.05, 4.69) is 50.3 Å². The normalized spacial score (nSPS) is 25.4. The highest BCUT2D eigenvalue weighted by molar-refractivity contribution is 7.09. The zero-order valence-corrected chi connectivity index (χ0v) is 13.7. The van der Waals surface area contributed by atoms with Gasteiger partial charge in [0.15, 0.2) is 0 Å². The number of piperidine rings is 1. The zero-order valence-electron chi connectivity index (χ0n) is 12.9. The summed E-state index contributed by atoms with van der Waals surface area (Å²) in [5.74, 6) is 0.516. The Balaban J connectivity index is 2.30. The van der Waals surface area contributed by atoms with Crippen LogP contribution in [-0.4, -0.2) is 36.1 Å². The van der Waals surface area contributed by atoms with Gasteiger partial charge in [-0.15, -0.1) is 11.3 Å². The van der Waals surface area contributed by atoms with E-state index in [9.17, 15) is 0 Å². The average molecular weight is 281 g/mol. The third-order valence-electron chi connectivity index (χ3n) is 3.77. The molecule has 1 aliphatic rings. The first-order valence-corrected chi connectivity index (χ1v) is 8.23. The van der Waals surface area contributed by atoms with Crippen LogP contribution >= 0.6 is 11.3 Å². The second-order valence-electron chi connectivity index (χ2n) is 6.45. The van der Waals surface area contributed by atoms with Gasteiger partial charge in [-0.25, -0.2) is 4.98 Å². The van der Waals surface area contributed by atoms with Crippen molar-refractivity contribution in [3.05, 3.63) is 16.1 Å². The molecule has 1 atom stereocenters. The zero-order chi connectivity index (χ0) is 14.0. The summed E-state index contributed by atoms with van der Waals surface area (Å²) in [6, 6.07) is 0.484. The van der Waals surface area contributed by atoms with Crippen molar-refractivity contribution in [3.8, 4) is 0 Å². The number of aromatic nitrogens is 1. The number of rotatable bonds is 4. The molecule has 19 heavy (non-hydrogen) atoms. The van der Waals surface area contributed by atoms with Crippen molar-refractivity contribution < 1.29 is 0 Å². The maximum atomic E-state index is 4.92. The first kappa shape index (κ1) is 14.9. The highest BCUT2D eigenvalue weighted by atomic mass is 32.1. The molecule has 1 fully saturated rings. The van der Waals surface area contributed by atoms with Crippen LogP contribution in [0.2, 0.25) is 0 Å². The molecule has 2 heterocycles. The molecular formula is C15H27N3S. The Morgan fingerprint density at radius 1 is 1.37 bits per heavy atom. The van der Waals surface area contributed by atoms with E-state index in [4.69, 9.17) is 4.98 Å². The van der Waals surface area contributed by atoms with Crippen molar-refractivity contribution in [3.63, 3.8) is 0 Å². The summed E-state index contributed by atoms with van der Waals surface area (Å²) in [4.78, 5) is 7.35. The van der Waals surface area contributed by atoms with Crippen molar-refractivity contribution in [2.45, 2.75) is 58.0 Å². The number of thiazole rings is 1. The van der Waals surface area contributed by atoms with Crippen LogP contribution in [-0.2, 0) is 5.54 Å². The molecule has 3 nitrogen and oxygen atoms in total. The van der Waals surface area contributed by atoms with Gasteiger partial charge in [0.2, 0.25) is 0 Å². The third kappa shape index (κ3) is 3.36. The molecule has 0 bridgehead atoms. The Bertz CT molecular complexity index is 409. The second kappa shape index (κ2) is 5.90. The van der Waals surface area contributed by atoms with E-state index in [1.165, 1.54) is 30.1 Å². The smallest absolute Gasteiger partial charge is 0.114 e. The number of likely N-dealkylation sites (tertiary alicyclic amines) is 1. The van der Waals surface area contributed by atoms with Gasteiger partial charge in [0.05, 0.1) is 11.2 Å². The van der Waals surface area contributed by atoms with Crippen molar-refractivity contribution in [1.29, 1.82) is 0 Å². The predicted molar refractivity (Wildman–Crippen MR) is 82.9 cm³/mol. The molecule has 0 spiro atoms. The number of nitrogens with zero attached hydrogens (tertiary/aromatic N) is 2. The summed E-state index contributed by atoms with van der Waals surface area (Å²) >= 11 is 1.83. The molecule has 1 aliphatic heterocycles. The van der Waals surface area contributed by atoms with E-state index in [1.54, 1.807) is 0 Å². The molecule has 2 rings (SSSR count).